The minimum Gasteiger partial charge on any atom is -0.456 e. The number of hydrogen-bond acceptors (Lipinski definition) is 4. The third-order valence-electron chi connectivity index (χ3n) is 9.09. The molecule has 0 saturated carbocycles. The van der Waals surface area contributed by atoms with E-state index in [4.69, 9.17) is 19.4 Å². The van der Waals surface area contributed by atoms with Crippen LogP contribution in [0.25, 0.3) is 78.0 Å². The third-order valence-corrected chi connectivity index (χ3v) is 9.09. The smallest absolute Gasteiger partial charge is 0.164 e. The fourth-order valence-corrected chi connectivity index (χ4v) is 6.98. The maximum absolute atomic E-state index is 6.40. The first-order valence-corrected chi connectivity index (χ1v) is 15.0. The molecule has 2 heterocycles. The largest absolute Gasteiger partial charge is 0.456 e. The highest BCUT2D eigenvalue weighted by atomic mass is 16.3. The molecule has 8 aromatic rings. The molecule has 1 aliphatic rings. The number of furan rings is 1. The summed E-state index contributed by atoms with van der Waals surface area (Å²) in [6, 6.07) is 44.3. The van der Waals surface area contributed by atoms with E-state index in [1.807, 2.05) is 30.3 Å². The fraction of sp³-hybridized carbons (Fsp3) is 0.0750. The number of nitrogens with zero attached hydrogens (tertiary/aromatic N) is 3. The monoisotopic (exact) mass is 565 g/mol. The summed E-state index contributed by atoms with van der Waals surface area (Å²) in [4.78, 5) is 15.2. The van der Waals surface area contributed by atoms with Crippen molar-refractivity contribution in [3.8, 4) is 45.3 Å². The lowest BCUT2D eigenvalue weighted by Gasteiger charge is -2.24. The summed E-state index contributed by atoms with van der Waals surface area (Å²) >= 11 is 0. The molecule has 0 atom stereocenters. The van der Waals surface area contributed by atoms with E-state index in [1.54, 1.807) is 0 Å². The molecule has 0 N–H and O–H groups in total. The van der Waals surface area contributed by atoms with Gasteiger partial charge in [0.2, 0.25) is 0 Å². The van der Waals surface area contributed by atoms with Gasteiger partial charge in [0.1, 0.15) is 11.2 Å². The molecule has 6 aromatic carbocycles. The van der Waals surface area contributed by atoms with E-state index < -0.39 is 0 Å². The number of benzene rings is 6. The standard InChI is InChI=1S/C40H27N3O/c1-40(2)33-18-9-8-15-28(33)30-16-10-17-31(36(30)40)39-42-37(24-11-4-3-5-12-24)41-38(43-39)27-19-20-29-32-21-25-13-6-7-14-26(25)22-35(32)44-34(29)23-27/h3-23H,1-2H3. The highest BCUT2D eigenvalue weighted by Crippen LogP contribution is 2.51. The van der Waals surface area contributed by atoms with Gasteiger partial charge in [-0.1, -0.05) is 117 Å². The van der Waals surface area contributed by atoms with Gasteiger partial charge in [0.15, 0.2) is 17.5 Å². The van der Waals surface area contributed by atoms with Gasteiger partial charge in [-0.25, -0.2) is 15.0 Å². The van der Waals surface area contributed by atoms with Gasteiger partial charge in [-0.05, 0) is 57.3 Å². The second kappa shape index (κ2) is 9.19. The molecular weight excluding hydrogens is 538 g/mol. The summed E-state index contributed by atoms with van der Waals surface area (Å²) in [7, 11) is 0. The lowest BCUT2D eigenvalue weighted by molar-refractivity contribution is 0.661. The summed E-state index contributed by atoms with van der Waals surface area (Å²) < 4.78 is 6.40. The molecule has 4 heteroatoms. The molecule has 2 aromatic heterocycles. The van der Waals surface area contributed by atoms with E-state index in [9.17, 15) is 0 Å². The number of aromatic nitrogens is 3. The minimum absolute atomic E-state index is 0.195. The first-order valence-electron chi connectivity index (χ1n) is 15.0. The van der Waals surface area contributed by atoms with E-state index in [0.717, 1.165) is 44.0 Å². The summed E-state index contributed by atoms with van der Waals surface area (Å²) in [5.74, 6) is 1.93. The second-order valence-corrected chi connectivity index (χ2v) is 12.1. The van der Waals surface area contributed by atoms with Crippen molar-refractivity contribution in [3.05, 3.63) is 139 Å². The molecule has 4 nitrogen and oxygen atoms in total. The van der Waals surface area contributed by atoms with Crippen molar-refractivity contribution in [2.45, 2.75) is 19.3 Å². The van der Waals surface area contributed by atoms with Crippen molar-refractivity contribution in [1.29, 1.82) is 0 Å². The van der Waals surface area contributed by atoms with Crippen LogP contribution in [0.2, 0.25) is 0 Å². The van der Waals surface area contributed by atoms with E-state index >= 15 is 0 Å². The van der Waals surface area contributed by atoms with Crippen LogP contribution < -0.4 is 0 Å². The van der Waals surface area contributed by atoms with E-state index in [1.165, 1.54) is 27.6 Å². The normalized spacial score (nSPS) is 13.4. The average molecular weight is 566 g/mol. The molecular formula is C40H27N3O. The molecule has 0 bridgehead atoms. The van der Waals surface area contributed by atoms with Gasteiger partial charge in [0.05, 0.1) is 0 Å². The lowest BCUT2D eigenvalue weighted by atomic mass is 9.80. The number of rotatable bonds is 3. The van der Waals surface area contributed by atoms with Crippen molar-refractivity contribution in [2.75, 3.05) is 0 Å². The molecule has 44 heavy (non-hydrogen) atoms. The first kappa shape index (κ1) is 24.9. The van der Waals surface area contributed by atoms with Gasteiger partial charge in [-0.15, -0.1) is 0 Å². The van der Waals surface area contributed by atoms with Crippen LogP contribution in [0.1, 0.15) is 25.0 Å². The van der Waals surface area contributed by atoms with Gasteiger partial charge < -0.3 is 4.42 Å². The van der Waals surface area contributed by atoms with Gasteiger partial charge >= 0.3 is 0 Å². The molecule has 0 aliphatic heterocycles. The zero-order chi connectivity index (χ0) is 29.4. The maximum atomic E-state index is 6.40. The van der Waals surface area contributed by atoms with Crippen LogP contribution in [0.3, 0.4) is 0 Å². The van der Waals surface area contributed by atoms with Gasteiger partial charge in [-0.2, -0.15) is 0 Å². The predicted molar refractivity (Wildman–Crippen MR) is 178 cm³/mol. The molecule has 0 radical (unpaired) electrons. The van der Waals surface area contributed by atoms with Gasteiger partial charge in [-0.3, -0.25) is 0 Å². The SMILES string of the molecule is CC1(C)c2ccccc2-c2cccc(-c3nc(-c4ccccc4)nc(-c4ccc5c(c4)oc4cc6ccccc6cc45)n3)c21. The van der Waals surface area contributed by atoms with Crippen molar-refractivity contribution >= 4 is 32.7 Å². The Morgan fingerprint density at radius 2 is 1.11 bits per heavy atom. The quantitative estimate of drug-likeness (QED) is 0.214. The molecule has 208 valence electrons. The number of hydrogen-bond donors (Lipinski definition) is 0. The maximum Gasteiger partial charge on any atom is 0.164 e. The highest BCUT2D eigenvalue weighted by molar-refractivity contribution is 6.10. The van der Waals surface area contributed by atoms with Crippen LogP contribution in [0, 0.1) is 0 Å². The average Bonchev–Trinajstić information content (AvgIpc) is 3.54. The molecule has 0 fully saturated rings. The van der Waals surface area contributed by atoms with Crippen molar-refractivity contribution < 1.29 is 4.42 Å². The molecule has 0 amide bonds. The van der Waals surface area contributed by atoms with E-state index in [-0.39, 0.29) is 5.41 Å². The lowest BCUT2D eigenvalue weighted by Crippen LogP contribution is -2.17. The summed E-state index contributed by atoms with van der Waals surface area (Å²) in [6.07, 6.45) is 0. The van der Waals surface area contributed by atoms with E-state index in [2.05, 4.69) is 111 Å². The minimum atomic E-state index is -0.195. The third kappa shape index (κ3) is 3.67. The Hall–Kier alpha value is -5.61. The molecule has 0 saturated heterocycles. The van der Waals surface area contributed by atoms with Crippen LogP contribution in [-0.4, -0.2) is 15.0 Å². The number of fused-ring (bicyclic) bond motifs is 7. The molecule has 0 unspecified atom stereocenters. The van der Waals surface area contributed by atoms with Crippen molar-refractivity contribution in [3.63, 3.8) is 0 Å². The summed E-state index contributed by atoms with van der Waals surface area (Å²) in [5.41, 5.74) is 9.44. The van der Waals surface area contributed by atoms with Gasteiger partial charge in [0, 0.05) is 32.9 Å². The van der Waals surface area contributed by atoms with Crippen LogP contribution in [0.4, 0.5) is 0 Å². The first-order chi connectivity index (χ1) is 21.5. The summed E-state index contributed by atoms with van der Waals surface area (Å²) in [5, 5.41) is 4.54. The van der Waals surface area contributed by atoms with Crippen molar-refractivity contribution in [2.24, 2.45) is 0 Å². The topological polar surface area (TPSA) is 51.8 Å². The zero-order valence-electron chi connectivity index (χ0n) is 24.4. The molecule has 1 aliphatic carbocycles. The van der Waals surface area contributed by atoms with Crippen LogP contribution >= 0.6 is 0 Å². The Morgan fingerprint density at radius 1 is 0.477 bits per heavy atom. The van der Waals surface area contributed by atoms with Crippen molar-refractivity contribution in [1.82, 2.24) is 15.0 Å². The van der Waals surface area contributed by atoms with E-state index in [0.29, 0.717) is 17.5 Å². The zero-order valence-corrected chi connectivity index (χ0v) is 24.4. The Bertz CT molecular complexity index is 2420. The highest BCUT2D eigenvalue weighted by Gasteiger charge is 2.38. The molecule has 9 rings (SSSR count). The Morgan fingerprint density at radius 3 is 1.95 bits per heavy atom. The second-order valence-electron chi connectivity index (χ2n) is 12.1. The Balaban J connectivity index is 1.26. The fourth-order valence-electron chi connectivity index (χ4n) is 6.98. The van der Waals surface area contributed by atoms with Gasteiger partial charge in [0.25, 0.3) is 0 Å². The van der Waals surface area contributed by atoms with Crippen LogP contribution in [0.5, 0.6) is 0 Å². The Labute approximate surface area is 254 Å². The summed E-state index contributed by atoms with van der Waals surface area (Å²) in [6.45, 7) is 4.58. The van der Waals surface area contributed by atoms with Crippen LogP contribution in [0.15, 0.2) is 132 Å². The Kier molecular flexibility index (Phi) is 5.21. The molecule has 0 spiro atoms. The predicted octanol–water partition coefficient (Wildman–Crippen LogP) is 10.2. The van der Waals surface area contributed by atoms with Crippen LogP contribution in [-0.2, 0) is 5.41 Å².